The Morgan fingerprint density at radius 3 is 2.47 bits per heavy atom. The van der Waals surface area contributed by atoms with Gasteiger partial charge in [0.15, 0.2) is 17.3 Å². The number of carbonyl (C=O) groups is 2. The molecule has 1 N–H and O–H groups in total. The number of aromatic hydroxyl groups is 1. The maximum atomic E-state index is 13.3. The molecule has 0 saturated carbocycles. The molecule has 156 valence electrons. The van der Waals surface area contributed by atoms with Gasteiger partial charge in [0, 0.05) is 40.7 Å². The van der Waals surface area contributed by atoms with E-state index in [0.717, 1.165) is 11.3 Å². The van der Waals surface area contributed by atoms with E-state index in [0.29, 0.717) is 34.9 Å². The average Bonchev–Trinajstić information content (AvgIpc) is 2.68. The van der Waals surface area contributed by atoms with Crippen molar-refractivity contribution in [3.05, 3.63) is 64.3 Å². The first kappa shape index (κ1) is 20.5. The Balaban J connectivity index is 1.89. The van der Waals surface area contributed by atoms with Crippen molar-refractivity contribution >= 4 is 29.0 Å². The van der Waals surface area contributed by atoms with Crippen LogP contribution in [0.1, 0.15) is 44.6 Å². The lowest BCUT2D eigenvalue weighted by atomic mass is 9.69. The lowest BCUT2D eigenvalue weighted by Gasteiger charge is -2.43. The van der Waals surface area contributed by atoms with Gasteiger partial charge >= 0.3 is 0 Å². The molecule has 2 aromatic rings. The van der Waals surface area contributed by atoms with E-state index >= 15 is 0 Å². The van der Waals surface area contributed by atoms with E-state index in [9.17, 15) is 14.7 Å². The molecule has 0 saturated heterocycles. The monoisotopic (exact) mass is 425 g/mol. The van der Waals surface area contributed by atoms with Gasteiger partial charge in [0.1, 0.15) is 0 Å². The maximum absolute atomic E-state index is 13.3. The molecule has 0 aromatic heterocycles. The second-order valence-electron chi connectivity index (χ2n) is 8.69. The van der Waals surface area contributed by atoms with Crippen molar-refractivity contribution in [3.8, 4) is 11.5 Å². The van der Waals surface area contributed by atoms with E-state index in [1.807, 2.05) is 13.8 Å². The van der Waals surface area contributed by atoms with E-state index in [-0.39, 0.29) is 35.2 Å². The molecule has 30 heavy (non-hydrogen) atoms. The molecule has 4 rings (SSSR count). The number of ether oxygens (including phenoxy) is 1. The molecule has 1 atom stereocenters. The molecule has 6 heteroatoms. The third-order valence-electron chi connectivity index (χ3n) is 5.83. The number of benzene rings is 2. The summed E-state index contributed by atoms with van der Waals surface area (Å²) >= 11 is 6.04. The first-order valence-corrected chi connectivity index (χ1v) is 10.3. The molecule has 0 spiro atoms. The fraction of sp³-hybridized carbons (Fsp3) is 0.333. The van der Waals surface area contributed by atoms with E-state index in [1.165, 1.54) is 7.11 Å². The SMILES string of the molecule is COc1cc(C2CC(=O)N(c3ccc(Cl)cc3)C3=C2C(=O)CC(C)(C)C3)ccc1O. The fourth-order valence-electron chi connectivity index (χ4n) is 4.50. The Morgan fingerprint density at radius 2 is 1.80 bits per heavy atom. The minimum Gasteiger partial charge on any atom is -0.504 e. The molecule has 0 fully saturated rings. The normalized spacial score (nSPS) is 20.9. The van der Waals surface area contributed by atoms with Crippen molar-refractivity contribution in [2.45, 2.75) is 39.0 Å². The van der Waals surface area contributed by atoms with E-state index in [1.54, 1.807) is 47.4 Å². The van der Waals surface area contributed by atoms with Gasteiger partial charge < -0.3 is 9.84 Å². The van der Waals surface area contributed by atoms with Gasteiger partial charge in [-0.2, -0.15) is 0 Å². The van der Waals surface area contributed by atoms with Crippen molar-refractivity contribution in [3.63, 3.8) is 0 Å². The predicted molar refractivity (Wildman–Crippen MR) is 116 cm³/mol. The number of phenols is 1. The van der Waals surface area contributed by atoms with Crippen LogP contribution < -0.4 is 9.64 Å². The summed E-state index contributed by atoms with van der Waals surface area (Å²) in [7, 11) is 1.48. The van der Waals surface area contributed by atoms with Crippen LogP contribution >= 0.6 is 11.6 Å². The maximum Gasteiger partial charge on any atom is 0.232 e. The number of amides is 1. The Bertz CT molecular complexity index is 1060. The number of rotatable bonds is 3. The molecule has 2 aliphatic rings. The standard InChI is InChI=1S/C24H24ClNO4/c1-24(2)12-18-23(20(28)13-24)17(14-4-9-19(27)21(10-14)30-3)11-22(29)26(18)16-7-5-15(25)6-8-16/h4-10,17,27H,11-13H2,1-3H3. The van der Waals surface area contributed by atoms with Gasteiger partial charge in [0.05, 0.1) is 7.11 Å². The molecular weight excluding hydrogens is 402 g/mol. The number of carbonyl (C=O) groups excluding carboxylic acids is 2. The lowest BCUT2D eigenvalue weighted by Crippen LogP contribution is -2.43. The molecule has 1 heterocycles. The number of phenolic OH excluding ortho intramolecular Hbond substituents is 1. The van der Waals surface area contributed by atoms with Crippen molar-refractivity contribution in [1.82, 2.24) is 0 Å². The van der Waals surface area contributed by atoms with Crippen LogP contribution in [0.2, 0.25) is 5.02 Å². The third kappa shape index (κ3) is 3.58. The molecule has 5 nitrogen and oxygen atoms in total. The van der Waals surface area contributed by atoms with Crippen LogP contribution in [-0.2, 0) is 9.59 Å². The summed E-state index contributed by atoms with van der Waals surface area (Å²) in [6.45, 7) is 4.10. The summed E-state index contributed by atoms with van der Waals surface area (Å²) in [6.07, 6.45) is 1.22. The van der Waals surface area contributed by atoms with Crippen LogP contribution in [0.25, 0.3) is 0 Å². The zero-order chi connectivity index (χ0) is 21.6. The van der Waals surface area contributed by atoms with Crippen molar-refractivity contribution in [1.29, 1.82) is 0 Å². The Labute approximate surface area is 180 Å². The zero-order valence-electron chi connectivity index (χ0n) is 17.2. The van der Waals surface area contributed by atoms with Crippen LogP contribution in [0.3, 0.4) is 0 Å². The van der Waals surface area contributed by atoms with E-state index in [4.69, 9.17) is 16.3 Å². The van der Waals surface area contributed by atoms with Crippen LogP contribution in [0.15, 0.2) is 53.7 Å². The topological polar surface area (TPSA) is 66.8 Å². The number of methoxy groups -OCH3 is 1. The van der Waals surface area contributed by atoms with Crippen molar-refractivity contribution in [2.75, 3.05) is 12.0 Å². The average molecular weight is 426 g/mol. The fourth-order valence-corrected chi connectivity index (χ4v) is 4.63. The van der Waals surface area contributed by atoms with Crippen molar-refractivity contribution < 1.29 is 19.4 Å². The van der Waals surface area contributed by atoms with Gasteiger partial charge in [-0.15, -0.1) is 0 Å². The Hall–Kier alpha value is -2.79. The molecule has 1 amide bonds. The highest BCUT2D eigenvalue weighted by Crippen LogP contribution is 2.48. The van der Waals surface area contributed by atoms with Crippen molar-refractivity contribution in [2.24, 2.45) is 5.41 Å². The van der Waals surface area contributed by atoms with Crippen LogP contribution in [0.5, 0.6) is 11.5 Å². The second kappa shape index (κ2) is 7.47. The Kier molecular flexibility index (Phi) is 5.10. The first-order valence-electron chi connectivity index (χ1n) is 9.92. The molecule has 1 unspecified atom stereocenters. The lowest BCUT2D eigenvalue weighted by molar-refractivity contribution is -0.121. The first-order chi connectivity index (χ1) is 14.2. The van der Waals surface area contributed by atoms with Gasteiger partial charge in [-0.3, -0.25) is 14.5 Å². The number of nitrogens with zero attached hydrogens (tertiary/aromatic N) is 1. The van der Waals surface area contributed by atoms with Gasteiger partial charge in [0.25, 0.3) is 0 Å². The summed E-state index contributed by atoms with van der Waals surface area (Å²) < 4.78 is 5.24. The number of ketones is 1. The van der Waals surface area contributed by atoms with Crippen LogP contribution in [-0.4, -0.2) is 23.9 Å². The quantitative estimate of drug-likeness (QED) is 0.732. The van der Waals surface area contributed by atoms with Crippen LogP contribution in [0.4, 0.5) is 5.69 Å². The van der Waals surface area contributed by atoms with Crippen LogP contribution in [0, 0.1) is 5.41 Å². The number of Topliss-reactive ketones (excluding diaryl/α,β-unsaturated/α-hetero) is 1. The molecular formula is C24H24ClNO4. The second-order valence-corrected chi connectivity index (χ2v) is 9.13. The predicted octanol–water partition coefficient (Wildman–Crippen LogP) is 5.22. The van der Waals surface area contributed by atoms with Gasteiger partial charge in [-0.25, -0.2) is 0 Å². The van der Waals surface area contributed by atoms with E-state index in [2.05, 4.69) is 0 Å². The highest BCUT2D eigenvalue weighted by atomic mass is 35.5. The number of halogens is 1. The zero-order valence-corrected chi connectivity index (χ0v) is 18.0. The minimum absolute atomic E-state index is 0.0245. The molecule has 2 aromatic carbocycles. The highest BCUT2D eigenvalue weighted by molar-refractivity contribution is 6.30. The number of anilines is 1. The summed E-state index contributed by atoms with van der Waals surface area (Å²) in [5.74, 6) is -0.0279. The molecule has 1 aliphatic carbocycles. The van der Waals surface area contributed by atoms with E-state index < -0.39 is 0 Å². The summed E-state index contributed by atoms with van der Waals surface area (Å²) in [4.78, 5) is 28.3. The smallest absolute Gasteiger partial charge is 0.232 e. The summed E-state index contributed by atoms with van der Waals surface area (Å²) in [5.41, 5.74) is 2.69. The Morgan fingerprint density at radius 1 is 1.10 bits per heavy atom. The highest BCUT2D eigenvalue weighted by Gasteiger charge is 2.44. The third-order valence-corrected chi connectivity index (χ3v) is 6.09. The molecule has 0 radical (unpaired) electrons. The van der Waals surface area contributed by atoms with Gasteiger partial charge in [-0.1, -0.05) is 31.5 Å². The summed E-state index contributed by atoms with van der Waals surface area (Å²) in [6, 6.07) is 12.1. The number of hydrogen-bond donors (Lipinski definition) is 1. The number of allylic oxidation sites excluding steroid dienone is 2. The minimum atomic E-state index is -0.367. The number of hydrogen-bond acceptors (Lipinski definition) is 4. The van der Waals surface area contributed by atoms with Gasteiger partial charge in [-0.05, 0) is 53.8 Å². The molecule has 1 aliphatic heterocycles. The molecule has 0 bridgehead atoms. The van der Waals surface area contributed by atoms with Gasteiger partial charge in [0.2, 0.25) is 5.91 Å². The largest absolute Gasteiger partial charge is 0.504 e. The summed E-state index contributed by atoms with van der Waals surface area (Å²) in [5, 5.41) is 10.6.